The molecule has 0 spiro atoms. The molecule has 0 rings (SSSR count). The van der Waals surface area contributed by atoms with Crippen LogP contribution >= 0.6 is 11.6 Å². The summed E-state index contributed by atoms with van der Waals surface area (Å²) in [6, 6.07) is 0. The van der Waals surface area contributed by atoms with Crippen LogP contribution in [0.1, 0.15) is 0 Å². The van der Waals surface area contributed by atoms with Crippen molar-refractivity contribution in [2.45, 2.75) is 5.38 Å². The van der Waals surface area contributed by atoms with Crippen LogP contribution in [0.3, 0.4) is 0 Å². The molecule has 0 aliphatic heterocycles. The van der Waals surface area contributed by atoms with Crippen molar-refractivity contribution in [3.8, 4) is 0 Å². The fourth-order valence-corrected chi connectivity index (χ4v) is 0.458. The Bertz CT molecular complexity index is 144. The van der Waals surface area contributed by atoms with Gasteiger partial charge in [0.1, 0.15) is 0 Å². The van der Waals surface area contributed by atoms with Crippen molar-refractivity contribution < 1.29 is 14.6 Å². The number of hydrogen-bond acceptors (Lipinski definition) is 3. The van der Waals surface area contributed by atoms with E-state index < -0.39 is 11.3 Å². The van der Waals surface area contributed by atoms with Gasteiger partial charge in [-0.05, 0) is 0 Å². The van der Waals surface area contributed by atoms with Crippen molar-refractivity contribution in [3.63, 3.8) is 0 Å². The topological polar surface area (TPSA) is 46.5 Å². The molecule has 0 bridgehead atoms. The van der Waals surface area contributed by atoms with Gasteiger partial charge in [-0.25, -0.2) is 4.79 Å². The van der Waals surface area contributed by atoms with Crippen LogP contribution in [0.25, 0.3) is 0 Å². The van der Waals surface area contributed by atoms with E-state index in [9.17, 15) is 4.79 Å². The first-order chi connectivity index (χ1) is 4.63. The summed E-state index contributed by atoms with van der Waals surface area (Å²) in [6.45, 7) is 3.02. The average molecular weight is 165 g/mol. The molecular weight excluding hydrogens is 156 g/mol. The first kappa shape index (κ1) is 9.46. The summed E-state index contributed by atoms with van der Waals surface area (Å²) >= 11 is 5.44. The summed E-state index contributed by atoms with van der Waals surface area (Å²) in [6.07, 6.45) is 0. The Morgan fingerprint density at radius 3 is 2.70 bits per heavy atom. The number of alkyl halides is 1. The number of rotatable bonds is 3. The summed E-state index contributed by atoms with van der Waals surface area (Å²) in [5.74, 6) is -0.589. The molecule has 0 aliphatic carbocycles. The Morgan fingerprint density at radius 2 is 2.40 bits per heavy atom. The molecule has 0 aromatic rings. The lowest BCUT2D eigenvalue weighted by atomic mass is 10.2. The molecule has 4 heteroatoms. The summed E-state index contributed by atoms with van der Waals surface area (Å²) in [5, 5.41) is 7.71. The highest BCUT2D eigenvalue weighted by molar-refractivity contribution is 6.25. The number of carbonyl (C=O) groups excluding carboxylic acids is 1. The SMILES string of the molecule is C=C(C(=O)OC)C(Cl)CO. The van der Waals surface area contributed by atoms with E-state index in [1.165, 1.54) is 7.11 Å². The van der Waals surface area contributed by atoms with Crippen LogP contribution in [0, 0.1) is 0 Å². The van der Waals surface area contributed by atoms with Crippen molar-refractivity contribution in [1.82, 2.24) is 0 Å². The zero-order valence-electron chi connectivity index (χ0n) is 5.63. The number of ether oxygens (including phenoxy) is 1. The third-order valence-corrected chi connectivity index (χ3v) is 1.39. The third kappa shape index (κ3) is 2.37. The van der Waals surface area contributed by atoms with Crippen molar-refractivity contribution in [2.75, 3.05) is 13.7 Å². The van der Waals surface area contributed by atoms with Crippen LogP contribution in [0.2, 0.25) is 0 Å². The molecule has 0 amide bonds. The van der Waals surface area contributed by atoms with Crippen molar-refractivity contribution in [2.24, 2.45) is 0 Å². The molecule has 0 aliphatic rings. The van der Waals surface area contributed by atoms with E-state index in [0.29, 0.717) is 0 Å². The number of carbonyl (C=O) groups is 1. The van der Waals surface area contributed by atoms with Crippen LogP contribution in [-0.4, -0.2) is 30.2 Å². The largest absolute Gasteiger partial charge is 0.466 e. The predicted octanol–water partition coefficient (Wildman–Crippen LogP) is 0.315. The third-order valence-electron chi connectivity index (χ3n) is 0.986. The number of esters is 1. The lowest BCUT2D eigenvalue weighted by Gasteiger charge is -2.05. The number of aliphatic hydroxyl groups is 1. The molecule has 1 unspecified atom stereocenters. The van der Waals surface area contributed by atoms with Gasteiger partial charge in [-0.15, -0.1) is 11.6 Å². The van der Waals surface area contributed by atoms with Gasteiger partial charge in [0.25, 0.3) is 0 Å². The molecule has 0 aromatic heterocycles. The minimum Gasteiger partial charge on any atom is -0.466 e. The molecule has 0 fully saturated rings. The van der Waals surface area contributed by atoms with E-state index in [1.54, 1.807) is 0 Å². The van der Waals surface area contributed by atoms with Gasteiger partial charge in [0, 0.05) is 0 Å². The zero-order valence-corrected chi connectivity index (χ0v) is 6.39. The number of aliphatic hydroxyl groups excluding tert-OH is 1. The molecule has 1 N–H and O–H groups in total. The van der Waals surface area contributed by atoms with Gasteiger partial charge in [-0.1, -0.05) is 6.58 Å². The van der Waals surface area contributed by atoms with Gasteiger partial charge in [-0.2, -0.15) is 0 Å². The number of methoxy groups -OCH3 is 1. The fourth-order valence-electron chi connectivity index (χ4n) is 0.369. The molecule has 0 heterocycles. The molecule has 3 nitrogen and oxygen atoms in total. The molecular formula is C6H9ClO3. The van der Waals surface area contributed by atoms with Crippen molar-refractivity contribution in [3.05, 3.63) is 12.2 Å². The smallest absolute Gasteiger partial charge is 0.334 e. The maximum Gasteiger partial charge on any atom is 0.334 e. The second kappa shape index (κ2) is 4.30. The monoisotopic (exact) mass is 164 g/mol. The molecule has 0 saturated heterocycles. The first-order valence-corrected chi connectivity index (χ1v) is 3.09. The van der Waals surface area contributed by atoms with E-state index in [0.717, 1.165) is 0 Å². The second-order valence-electron chi connectivity index (χ2n) is 1.67. The molecule has 0 saturated carbocycles. The molecule has 10 heavy (non-hydrogen) atoms. The van der Waals surface area contributed by atoms with Crippen molar-refractivity contribution in [1.29, 1.82) is 0 Å². The molecule has 0 radical (unpaired) electrons. The highest BCUT2D eigenvalue weighted by atomic mass is 35.5. The minimum absolute atomic E-state index is 0.0756. The van der Waals surface area contributed by atoms with E-state index in [2.05, 4.69) is 11.3 Å². The minimum atomic E-state index is -0.743. The van der Waals surface area contributed by atoms with Gasteiger partial charge in [-0.3, -0.25) is 0 Å². The lowest BCUT2D eigenvalue weighted by molar-refractivity contribution is -0.136. The Hall–Kier alpha value is -0.540. The summed E-state index contributed by atoms with van der Waals surface area (Å²) in [5.41, 5.74) is 0.0756. The molecule has 58 valence electrons. The van der Waals surface area contributed by atoms with Crippen LogP contribution in [0.5, 0.6) is 0 Å². The first-order valence-electron chi connectivity index (χ1n) is 2.65. The van der Waals surface area contributed by atoms with Gasteiger partial charge >= 0.3 is 5.97 Å². The van der Waals surface area contributed by atoms with E-state index in [4.69, 9.17) is 16.7 Å². The maximum absolute atomic E-state index is 10.6. The Kier molecular flexibility index (Phi) is 4.07. The zero-order chi connectivity index (χ0) is 8.15. The van der Waals surface area contributed by atoms with E-state index in [-0.39, 0.29) is 12.2 Å². The van der Waals surface area contributed by atoms with E-state index >= 15 is 0 Å². The second-order valence-corrected chi connectivity index (χ2v) is 2.19. The van der Waals surface area contributed by atoms with Gasteiger partial charge in [0.05, 0.1) is 24.7 Å². The number of halogens is 1. The Labute approximate surface area is 64.2 Å². The lowest BCUT2D eigenvalue weighted by Crippen LogP contribution is -2.16. The Morgan fingerprint density at radius 1 is 1.90 bits per heavy atom. The summed E-state index contributed by atoms with van der Waals surface area (Å²) in [7, 11) is 1.23. The summed E-state index contributed by atoms with van der Waals surface area (Å²) in [4.78, 5) is 10.6. The van der Waals surface area contributed by atoms with Crippen molar-refractivity contribution >= 4 is 17.6 Å². The van der Waals surface area contributed by atoms with Gasteiger partial charge in [0.15, 0.2) is 0 Å². The summed E-state index contributed by atoms with van der Waals surface area (Å²) < 4.78 is 4.30. The normalized spacial score (nSPS) is 12.3. The molecule has 0 aromatic carbocycles. The van der Waals surface area contributed by atoms with Gasteiger partial charge in [0.2, 0.25) is 0 Å². The highest BCUT2D eigenvalue weighted by Crippen LogP contribution is 2.07. The molecule has 1 atom stereocenters. The van der Waals surface area contributed by atoms with Crippen LogP contribution in [0.4, 0.5) is 0 Å². The maximum atomic E-state index is 10.6. The van der Waals surface area contributed by atoms with Crippen LogP contribution in [0.15, 0.2) is 12.2 Å². The fraction of sp³-hybridized carbons (Fsp3) is 0.500. The van der Waals surface area contributed by atoms with Crippen LogP contribution < -0.4 is 0 Å². The highest BCUT2D eigenvalue weighted by Gasteiger charge is 2.15. The van der Waals surface area contributed by atoms with E-state index in [1.807, 2.05) is 0 Å². The Balaban J connectivity index is 3.95. The van der Waals surface area contributed by atoms with Gasteiger partial charge < -0.3 is 9.84 Å². The predicted molar refractivity (Wildman–Crippen MR) is 37.9 cm³/mol. The average Bonchev–Trinajstić information content (AvgIpc) is 2.00. The standard InChI is InChI=1S/C6H9ClO3/c1-4(5(7)3-8)6(9)10-2/h5,8H,1,3H2,2H3. The quantitative estimate of drug-likeness (QED) is 0.371. The number of hydrogen-bond donors (Lipinski definition) is 1. The van der Waals surface area contributed by atoms with Crippen LogP contribution in [-0.2, 0) is 9.53 Å².